The minimum atomic E-state index is 0.415. The van der Waals surface area contributed by atoms with Gasteiger partial charge in [0.25, 0.3) is 0 Å². The number of hydrogen-bond acceptors (Lipinski definition) is 2. The fourth-order valence-electron chi connectivity index (χ4n) is 0.928. The molecule has 1 N–H and O–H groups in total. The molecule has 1 atom stereocenters. The normalized spacial score (nSPS) is 13.8. The number of hydrogen-bond donors (Lipinski definition) is 1. The molecular formula is C9H12ClNS. The molecule has 1 nitrogen and oxygen atoms in total. The van der Waals surface area contributed by atoms with Crippen molar-refractivity contribution in [2.45, 2.75) is 13.0 Å². The van der Waals surface area contributed by atoms with E-state index in [1.165, 1.54) is 10.4 Å². The molecule has 1 rings (SSSR count). The molecule has 0 fully saturated rings. The summed E-state index contributed by atoms with van der Waals surface area (Å²) in [6.07, 6.45) is 1.89. The van der Waals surface area contributed by atoms with Crippen molar-refractivity contribution in [2.24, 2.45) is 0 Å². The average Bonchev–Trinajstić information content (AvgIpc) is 2.56. The smallest absolute Gasteiger partial charge is 0.0388 e. The highest BCUT2D eigenvalue weighted by molar-refractivity contribution is 7.10. The van der Waals surface area contributed by atoms with Crippen LogP contribution in [0.25, 0.3) is 0 Å². The second kappa shape index (κ2) is 5.36. The van der Waals surface area contributed by atoms with Crippen molar-refractivity contribution >= 4 is 22.9 Å². The van der Waals surface area contributed by atoms with Gasteiger partial charge in [-0.15, -0.1) is 11.3 Å². The van der Waals surface area contributed by atoms with Gasteiger partial charge in [-0.05, 0) is 18.4 Å². The van der Waals surface area contributed by atoms with Gasteiger partial charge in [-0.3, -0.25) is 0 Å². The Bertz CT molecular complexity index is 231. The Morgan fingerprint density at radius 2 is 2.58 bits per heavy atom. The van der Waals surface area contributed by atoms with Crippen LogP contribution in [0.2, 0.25) is 0 Å². The Hall–Kier alpha value is -0.310. The molecule has 12 heavy (non-hydrogen) atoms. The van der Waals surface area contributed by atoms with Crippen LogP contribution < -0.4 is 5.32 Å². The van der Waals surface area contributed by atoms with E-state index >= 15 is 0 Å². The Morgan fingerprint density at radius 1 is 1.75 bits per heavy atom. The molecule has 1 unspecified atom stereocenters. The van der Waals surface area contributed by atoms with Crippen LogP contribution in [0.4, 0.5) is 0 Å². The Morgan fingerprint density at radius 3 is 3.17 bits per heavy atom. The predicted octanol–water partition coefficient (Wildman–Crippen LogP) is 3.15. The quantitative estimate of drug-likeness (QED) is 0.789. The lowest BCUT2D eigenvalue weighted by atomic mass is 10.3. The molecule has 1 aromatic rings. The molecule has 0 saturated carbocycles. The first-order valence-corrected chi connectivity index (χ1v) is 5.18. The highest BCUT2D eigenvalue weighted by atomic mass is 35.5. The molecule has 0 aliphatic heterocycles. The van der Waals surface area contributed by atoms with E-state index in [9.17, 15) is 0 Å². The summed E-state index contributed by atoms with van der Waals surface area (Å²) < 4.78 is 0. The third kappa shape index (κ3) is 2.97. The molecule has 1 heterocycles. The van der Waals surface area contributed by atoms with Crippen LogP contribution in [0.15, 0.2) is 29.1 Å². The number of rotatable bonds is 4. The molecule has 66 valence electrons. The molecule has 0 spiro atoms. The fraction of sp³-hybridized carbons (Fsp3) is 0.333. The van der Waals surface area contributed by atoms with Gasteiger partial charge in [0.05, 0.1) is 0 Å². The van der Waals surface area contributed by atoms with Crippen LogP contribution in [0, 0.1) is 0 Å². The molecular weight excluding hydrogens is 190 g/mol. The van der Waals surface area contributed by atoms with E-state index in [0.717, 1.165) is 6.54 Å². The largest absolute Gasteiger partial charge is 0.306 e. The van der Waals surface area contributed by atoms with Crippen molar-refractivity contribution in [1.29, 1.82) is 0 Å². The highest BCUT2D eigenvalue weighted by Gasteiger charge is 2.02. The zero-order valence-corrected chi connectivity index (χ0v) is 8.53. The van der Waals surface area contributed by atoms with Crippen LogP contribution in [0.1, 0.15) is 17.8 Å². The summed E-state index contributed by atoms with van der Waals surface area (Å²) in [4.78, 5) is 1.36. The lowest BCUT2D eigenvalue weighted by molar-refractivity contribution is 0.627. The van der Waals surface area contributed by atoms with E-state index in [0.29, 0.717) is 6.04 Å². The minimum Gasteiger partial charge on any atom is -0.306 e. The van der Waals surface area contributed by atoms with Gasteiger partial charge in [0, 0.05) is 23.0 Å². The molecule has 1 aromatic heterocycles. The van der Waals surface area contributed by atoms with Crippen molar-refractivity contribution in [3.63, 3.8) is 0 Å². The van der Waals surface area contributed by atoms with Crippen LogP contribution in [-0.4, -0.2) is 6.54 Å². The van der Waals surface area contributed by atoms with Gasteiger partial charge >= 0.3 is 0 Å². The standard InChI is InChI=1S/C9H12ClNS/c1-8(11-6-3-5-10)9-4-2-7-12-9/h2-5,7-8,11H,6H2,1H3/b5-3+. The van der Waals surface area contributed by atoms with Crippen LogP contribution in [-0.2, 0) is 0 Å². The Kier molecular flexibility index (Phi) is 4.36. The molecule has 0 aliphatic carbocycles. The summed E-state index contributed by atoms with van der Waals surface area (Å²) in [5, 5.41) is 5.41. The van der Waals surface area contributed by atoms with Gasteiger partial charge in [-0.1, -0.05) is 23.7 Å². The summed E-state index contributed by atoms with van der Waals surface area (Å²) >= 11 is 7.16. The van der Waals surface area contributed by atoms with Gasteiger partial charge < -0.3 is 5.32 Å². The number of thiophene rings is 1. The maximum atomic E-state index is 5.39. The van der Waals surface area contributed by atoms with Crippen molar-refractivity contribution in [1.82, 2.24) is 5.32 Å². The summed E-state index contributed by atoms with van der Waals surface area (Å²) in [6, 6.07) is 4.61. The lowest BCUT2D eigenvalue weighted by Gasteiger charge is -2.08. The van der Waals surface area contributed by atoms with E-state index in [2.05, 4.69) is 29.8 Å². The second-order valence-corrected chi connectivity index (χ2v) is 3.74. The molecule has 0 radical (unpaired) electrons. The average molecular weight is 202 g/mol. The van der Waals surface area contributed by atoms with Crippen LogP contribution in [0.5, 0.6) is 0 Å². The van der Waals surface area contributed by atoms with Gasteiger partial charge in [0.15, 0.2) is 0 Å². The molecule has 0 amide bonds. The third-order valence-corrected chi connectivity index (χ3v) is 2.83. The van der Waals surface area contributed by atoms with E-state index in [1.54, 1.807) is 11.3 Å². The predicted molar refractivity (Wildman–Crippen MR) is 55.7 cm³/mol. The molecule has 0 bridgehead atoms. The highest BCUT2D eigenvalue weighted by Crippen LogP contribution is 2.17. The minimum absolute atomic E-state index is 0.415. The summed E-state index contributed by atoms with van der Waals surface area (Å²) in [5.41, 5.74) is 1.54. The van der Waals surface area contributed by atoms with Gasteiger partial charge in [-0.2, -0.15) is 0 Å². The van der Waals surface area contributed by atoms with Crippen molar-refractivity contribution in [3.8, 4) is 0 Å². The van der Waals surface area contributed by atoms with Gasteiger partial charge in [0.2, 0.25) is 0 Å². The molecule has 0 saturated heterocycles. The second-order valence-electron chi connectivity index (χ2n) is 2.51. The molecule has 0 aromatic carbocycles. The van der Waals surface area contributed by atoms with Crippen LogP contribution in [0.3, 0.4) is 0 Å². The SMILES string of the molecule is CC(NC/C=C/Cl)c1cccs1. The van der Waals surface area contributed by atoms with Crippen molar-refractivity contribution in [3.05, 3.63) is 34.0 Å². The summed E-state index contributed by atoms with van der Waals surface area (Å²) in [7, 11) is 0. The lowest BCUT2D eigenvalue weighted by Crippen LogP contribution is -2.17. The summed E-state index contributed by atoms with van der Waals surface area (Å²) in [5.74, 6) is 0. The fourth-order valence-corrected chi connectivity index (χ4v) is 1.78. The molecule has 0 aliphatic rings. The van der Waals surface area contributed by atoms with Gasteiger partial charge in [-0.25, -0.2) is 0 Å². The molecule has 3 heteroatoms. The van der Waals surface area contributed by atoms with Crippen LogP contribution >= 0.6 is 22.9 Å². The first kappa shape index (κ1) is 9.78. The maximum absolute atomic E-state index is 5.39. The van der Waals surface area contributed by atoms with Crippen molar-refractivity contribution in [2.75, 3.05) is 6.54 Å². The van der Waals surface area contributed by atoms with E-state index in [4.69, 9.17) is 11.6 Å². The zero-order valence-electron chi connectivity index (χ0n) is 6.96. The first-order chi connectivity index (χ1) is 5.84. The van der Waals surface area contributed by atoms with E-state index in [-0.39, 0.29) is 0 Å². The maximum Gasteiger partial charge on any atom is 0.0388 e. The third-order valence-electron chi connectivity index (χ3n) is 1.60. The first-order valence-electron chi connectivity index (χ1n) is 3.86. The number of nitrogens with one attached hydrogen (secondary N) is 1. The zero-order chi connectivity index (χ0) is 8.81. The number of halogens is 1. The van der Waals surface area contributed by atoms with E-state index < -0.39 is 0 Å². The van der Waals surface area contributed by atoms with E-state index in [1.807, 2.05) is 6.08 Å². The Balaban J connectivity index is 2.34. The monoisotopic (exact) mass is 201 g/mol. The van der Waals surface area contributed by atoms with Crippen molar-refractivity contribution < 1.29 is 0 Å². The Labute approximate surface area is 82.1 Å². The van der Waals surface area contributed by atoms with Gasteiger partial charge in [0.1, 0.15) is 0 Å². The summed E-state index contributed by atoms with van der Waals surface area (Å²) in [6.45, 7) is 2.97. The topological polar surface area (TPSA) is 12.0 Å².